The average molecular weight is 294 g/mol. The topological polar surface area (TPSA) is 101 Å². The Morgan fingerprint density at radius 1 is 1.30 bits per heavy atom. The summed E-state index contributed by atoms with van der Waals surface area (Å²) in [4.78, 5) is 0.120. The third-order valence-corrected chi connectivity index (χ3v) is 4.37. The van der Waals surface area contributed by atoms with Crippen LogP contribution >= 0.6 is 0 Å². The Hall–Kier alpha value is -2.02. The molecule has 1 aromatic carbocycles. The molecule has 0 amide bonds. The van der Waals surface area contributed by atoms with Crippen LogP contribution in [0.3, 0.4) is 0 Å². The second kappa shape index (κ2) is 5.16. The van der Waals surface area contributed by atoms with E-state index in [-0.39, 0.29) is 16.6 Å². The van der Waals surface area contributed by atoms with E-state index in [4.69, 9.17) is 5.73 Å². The molecule has 0 aliphatic heterocycles. The van der Waals surface area contributed by atoms with Crippen LogP contribution in [0, 0.1) is 6.92 Å². The van der Waals surface area contributed by atoms with Gasteiger partial charge in [0.05, 0.1) is 4.90 Å². The van der Waals surface area contributed by atoms with Gasteiger partial charge in [-0.05, 0) is 30.5 Å². The maximum atomic E-state index is 12.2. The van der Waals surface area contributed by atoms with Gasteiger partial charge >= 0.3 is 0 Å². The Balaban J connectivity index is 2.28. The maximum Gasteiger partial charge on any atom is 0.263 e. The zero-order valence-electron chi connectivity index (χ0n) is 11.6. The van der Waals surface area contributed by atoms with Crippen molar-refractivity contribution in [2.75, 3.05) is 10.5 Å². The molecule has 1 aromatic heterocycles. The molecule has 6 nitrogen and oxygen atoms in total. The summed E-state index contributed by atoms with van der Waals surface area (Å²) in [6, 6.07) is 6.31. The van der Waals surface area contributed by atoms with E-state index < -0.39 is 10.0 Å². The van der Waals surface area contributed by atoms with Crippen LogP contribution in [0.5, 0.6) is 0 Å². The predicted octanol–water partition coefficient (Wildman–Crippen LogP) is 2.22. The minimum atomic E-state index is -3.68. The van der Waals surface area contributed by atoms with Gasteiger partial charge in [0, 0.05) is 17.4 Å². The number of nitrogen functional groups attached to an aromatic ring is 1. The normalized spacial score (nSPS) is 11.8. The quantitative estimate of drug-likeness (QED) is 0.752. The maximum absolute atomic E-state index is 12.2. The third-order valence-electron chi connectivity index (χ3n) is 3.02. The van der Waals surface area contributed by atoms with Crippen molar-refractivity contribution in [2.45, 2.75) is 31.6 Å². The molecule has 0 saturated carbocycles. The zero-order valence-corrected chi connectivity index (χ0v) is 12.5. The number of sulfonamides is 1. The predicted molar refractivity (Wildman–Crippen MR) is 79.1 cm³/mol. The van der Waals surface area contributed by atoms with Crippen LogP contribution in [0.25, 0.3) is 0 Å². The van der Waals surface area contributed by atoms with Crippen LogP contribution in [0.2, 0.25) is 0 Å². The summed E-state index contributed by atoms with van der Waals surface area (Å²) in [5.74, 6) is 0.517. The minimum absolute atomic E-state index is 0.120. The molecule has 0 aliphatic carbocycles. The summed E-state index contributed by atoms with van der Waals surface area (Å²) in [5, 5.41) is 6.74. The summed E-state index contributed by atoms with van der Waals surface area (Å²) >= 11 is 0. The highest BCUT2D eigenvalue weighted by Crippen LogP contribution is 2.21. The lowest BCUT2D eigenvalue weighted by atomic mass is 10.1. The van der Waals surface area contributed by atoms with Crippen LogP contribution in [-0.4, -0.2) is 18.6 Å². The number of benzene rings is 1. The number of H-pyrrole nitrogens is 1. The fourth-order valence-corrected chi connectivity index (χ4v) is 2.69. The molecule has 0 bridgehead atoms. The van der Waals surface area contributed by atoms with Crippen LogP contribution in [0.4, 0.5) is 11.5 Å². The van der Waals surface area contributed by atoms with Crippen molar-refractivity contribution < 1.29 is 8.42 Å². The average Bonchev–Trinajstić information content (AvgIpc) is 2.80. The number of hydrogen-bond acceptors (Lipinski definition) is 4. The third kappa shape index (κ3) is 2.93. The Bertz CT molecular complexity index is 720. The van der Waals surface area contributed by atoms with Gasteiger partial charge in [-0.25, -0.2) is 8.42 Å². The van der Waals surface area contributed by atoms with E-state index in [0.29, 0.717) is 5.69 Å². The van der Waals surface area contributed by atoms with Crippen molar-refractivity contribution in [3.8, 4) is 0 Å². The second-order valence-electron chi connectivity index (χ2n) is 4.99. The lowest BCUT2D eigenvalue weighted by molar-refractivity contribution is 0.601. The van der Waals surface area contributed by atoms with E-state index in [9.17, 15) is 8.42 Å². The Morgan fingerprint density at radius 2 is 2.00 bits per heavy atom. The molecule has 2 rings (SSSR count). The van der Waals surface area contributed by atoms with E-state index in [1.807, 2.05) is 20.8 Å². The molecule has 0 atom stereocenters. The number of anilines is 2. The summed E-state index contributed by atoms with van der Waals surface area (Å²) in [6.07, 6.45) is 0. The Labute approximate surface area is 118 Å². The fourth-order valence-electron chi connectivity index (χ4n) is 1.67. The highest BCUT2D eigenvalue weighted by atomic mass is 32.2. The van der Waals surface area contributed by atoms with Crippen molar-refractivity contribution >= 4 is 21.5 Å². The molecule has 108 valence electrons. The van der Waals surface area contributed by atoms with E-state index in [0.717, 1.165) is 11.3 Å². The van der Waals surface area contributed by atoms with Crippen molar-refractivity contribution in [3.63, 3.8) is 0 Å². The fraction of sp³-hybridized carbons (Fsp3) is 0.308. The molecule has 7 heteroatoms. The highest BCUT2D eigenvalue weighted by molar-refractivity contribution is 7.92. The molecule has 4 N–H and O–H groups in total. The van der Waals surface area contributed by atoms with Crippen LogP contribution < -0.4 is 10.5 Å². The van der Waals surface area contributed by atoms with Crippen molar-refractivity contribution in [1.82, 2.24) is 10.2 Å². The lowest BCUT2D eigenvalue weighted by Crippen LogP contribution is -2.13. The van der Waals surface area contributed by atoms with Gasteiger partial charge in [0.25, 0.3) is 10.0 Å². The molecule has 0 aliphatic rings. The second-order valence-corrected chi connectivity index (χ2v) is 6.67. The number of aromatic nitrogens is 2. The van der Waals surface area contributed by atoms with Gasteiger partial charge in [-0.1, -0.05) is 19.9 Å². The molecular weight excluding hydrogens is 276 g/mol. The number of nitrogens with two attached hydrogens (primary N) is 1. The van der Waals surface area contributed by atoms with Gasteiger partial charge in [-0.15, -0.1) is 0 Å². The molecule has 0 saturated heterocycles. The number of nitrogens with one attached hydrogen (secondary N) is 2. The standard InChI is InChI=1S/C13H18N4O2S/c1-8(2)12-7-13(16-15-12)17-20(18,19)10-5-4-9(3)11(14)6-10/h4-8H,14H2,1-3H3,(H2,15,16,17). The Morgan fingerprint density at radius 3 is 2.55 bits per heavy atom. The highest BCUT2D eigenvalue weighted by Gasteiger charge is 2.17. The van der Waals surface area contributed by atoms with Gasteiger partial charge in [-0.3, -0.25) is 9.82 Å². The number of rotatable bonds is 4. The molecule has 20 heavy (non-hydrogen) atoms. The smallest absolute Gasteiger partial charge is 0.263 e. The molecule has 0 fully saturated rings. The van der Waals surface area contributed by atoms with E-state index in [1.165, 1.54) is 12.1 Å². The van der Waals surface area contributed by atoms with Gasteiger partial charge < -0.3 is 5.73 Å². The van der Waals surface area contributed by atoms with Gasteiger partial charge in [0.1, 0.15) is 0 Å². The number of nitrogens with zero attached hydrogens (tertiary/aromatic N) is 1. The summed E-state index contributed by atoms with van der Waals surface area (Å²) < 4.78 is 26.9. The van der Waals surface area contributed by atoms with E-state index in [2.05, 4.69) is 14.9 Å². The first kappa shape index (κ1) is 14.4. The van der Waals surface area contributed by atoms with Gasteiger partial charge in [0.15, 0.2) is 5.82 Å². The molecular formula is C13H18N4O2S. The lowest BCUT2D eigenvalue weighted by Gasteiger charge is -2.07. The summed E-state index contributed by atoms with van der Waals surface area (Å²) in [7, 11) is -3.68. The van der Waals surface area contributed by atoms with Crippen LogP contribution in [0.15, 0.2) is 29.2 Å². The monoisotopic (exact) mass is 294 g/mol. The number of aryl methyl sites for hydroxylation is 1. The first-order chi connectivity index (χ1) is 9.29. The number of hydrogen-bond donors (Lipinski definition) is 3. The van der Waals surface area contributed by atoms with Crippen LogP contribution in [-0.2, 0) is 10.0 Å². The van der Waals surface area contributed by atoms with E-state index >= 15 is 0 Å². The molecule has 0 spiro atoms. The minimum Gasteiger partial charge on any atom is -0.398 e. The van der Waals surface area contributed by atoms with E-state index in [1.54, 1.807) is 12.1 Å². The molecule has 0 radical (unpaired) electrons. The van der Waals surface area contributed by atoms with Gasteiger partial charge in [0.2, 0.25) is 0 Å². The first-order valence-electron chi connectivity index (χ1n) is 6.24. The van der Waals surface area contributed by atoms with Gasteiger partial charge in [-0.2, -0.15) is 5.10 Å². The molecule has 1 heterocycles. The molecule has 0 unspecified atom stereocenters. The molecule has 2 aromatic rings. The largest absolute Gasteiger partial charge is 0.398 e. The van der Waals surface area contributed by atoms with Crippen molar-refractivity contribution in [3.05, 3.63) is 35.5 Å². The Kier molecular flexibility index (Phi) is 3.71. The SMILES string of the molecule is Cc1ccc(S(=O)(=O)Nc2cc(C(C)C)[nH]n2)cc1N. The van der Waals surface area contributed by atoms with Crippen molar-refractivity contribution in [2.24, 2.45) is 0 Å². The zero-order chi connectivity index (χ0) is 14.9. The summed E-state index contributed by atoms with van der Waals surface area (Å²) in [6.45, 7) is 5.81. The first-order valence-corrected chi connectivity index (χ1v) is 7.72. The van der Waals surface area contributed by atoms with Crippen molar-refractivity contribution in [1.29, 1.82) is 0 Å². The summed E-state index contributed by atoms with van der Waals surface area (Å²) in [5.41, 5.74) is 7.89. The van der Waals surface area contributed by atoms with Crippen LogP contribution in [0.1, 0.15) is 31.0 Å². The number of aromatic amines is 1.